The Morgan fingerprint density at radius 3 is 1.69 bits per heavy atom. The fourth-order valence-corrected chi connectivity index (χ4v) is 3.93. The lowest BCUT2D eigenvalue weighted by atomic mass is 9.69. The lowest BCUT2D eigenvalue weighted by Gasteiger charge is -2.32. The lowest BCUT2D eigenvalue weighted by molar-refractivity contribution is 0.00578. The van der Waals surface area contributed by atoms with Crippen molar-refractivity contribution in [1.82, 2.24) is 0 Å². The number of hydrogen-bond donors (Lipinski definition) is 0. The average molecular weight is 422 g/mol. The van der Waals surface area contributed by atoms with E-state index < -0.39 is 18.3 Å². The Balaban J connectivity index is 1.83. The van der Waals surface area contributed by atoms with Crippen LogP contribution in [0.4, 0.5) is 0 Å². The predicted molar refractivity (Wildman–Crippen MR) is 136 cm³/mol. The van der Waals surface area contributed by atoms with Crippen molar-refractivity contribution in [2.24, 2.45) is 0 Å². The molecule has 1 fully saturated rings. The molecular weight excluding hydrogens is 391 g/mol. The molecule has 1 aliphatic rings. The minimum absolute atomic E-state index is 0.403. The molecule has 1 aliphatic heterocycles. The van der Waals surface area contributed by atoms with Gasteiger partial charge in [-0.05, 0) is 61.9 Å². The molecule has 0 saturated carbocycles. The molecule has 1 saturated heterocycles. The van der Waals surface area contributed by atoms with Crippen LogP contribution in [0.5, 0.6) is 0 Å². The van der Waals surface area contributed by atoms with Crippen LogP contribution >= 0.6 is 0 Å². The molecule has 162 valence electrons. The Labute approximate surface area is 192 Å². The summed E-state index contributed by atoms with van der Waals surface area (Å²) in [6.07, 6.45) is 5.18. The van der Waals surface area contributed by atoms with E-state index in [2.05, 4.69) is 119 Å². The minimum Gasteiger partial charge on any atom is -0.399 e. The van der Waals surface area contributed by atoms with E-state index in [1.165, 1.54) is 16.7 Å². The summed E-state index contributed by atoms with van der Waals surface area (Å²) in [5, 5.41) is 0. The van der Waals surface area contributed by atoms with Crippen molar-refractivity contribution in [3.8, 4) is 0 Å². The van der Waals surface area contributed by atoms with Crippen LogP contribution in [0, 0.1) is 0 Å². The van der Waals surface area contributed by atoms with Gasteiger partial charge < -0.3 is 9.31 Å². The molecule has 3 aromatic carbocycles. The molecule has 0 radical (unpaired) electrons. The van der Waals surface area contributed by atoms with Crippen LogP contribution in [0.2, 0.25) is 0 Å². The van der Waals surface area contributed by atoms with Gasteiger partial charge in [0.2, 0.25) is 0 Å². The van der Waals surface area contributed by atoms with E-state index in [1.54, 1.807) is 0 Å². The van der Waals surface area contributed by atoms with Gasteiger partial charge in [0.15, 0.2) is 0 Å². The Bertz CT molecular complexity index is 1070. The monoisotopic (exact) mass is 422 g/mol. The Hall–Kier alpha value is -2.88. The van der Waals surface area contributed by atoms with Crippen LogP contribution in [-0.4, -0.2) is 18.3 Å². The van der Waals surface area contributed by atoms with Crippen molar-refractivity contribution < 1.29 is 9.31 Å². The highest BCUT2D eigenvalue weighted by atomic mass is 16.7. The molecule has 0 amide bonds. The molecule has 1 heterocycles. The molecular formula is C29H31BO2. The van der Waals surface area contributed by atoms with E-state index in [0.717, 1.165) is 17.5 Å². The van der Waals surface area contributed by atoms with Gasteiger partial charge in [-0.25, -0.2) is 0 Å². The van der Waals surface area contributed by atoms with Gasteiger partial charge in [0.25, 0.3) is 0 Å². The van der Waals surface area contributed by atoms with Crippen molar-refractivity contribution in [3.05, 3.63) is 114 Å². The van der Waals surface area contributed by atoms with Crippen LogP contribution in [0.25, 0.3) is 17.1 Å². The fraction of sp³-hybridized carbons (Fsp3) is 0.241. The zero-order valence-electron chi connectivity index (χ0n) is 19.4. The molecule has 0 N–H and O–H groups in total. The minimum atomic E-state index is -0.442. The van der Waals surface area contributed by atoms with Crippen molar-refractivity contribution in [2.75, 3.05) is 0 Å². The molecule has 0 aliphatic carbocycles. The summed E-state index contributed by atoms with van der Waals surface area (Å²) in [4.78, 5) is 0. The normalized spacial score (nSPS) is 18.1. The summed E-state index contributed by atoms with van der Waals surface area (Å²) in [5.74, 6) is 0. The summed E-state index contributed by atoms with van der Waals surface area (Å²) in [6.45, 7) is 8.42. The molecule has 3 heteroatoms. The van der Waals surface area contributed by atoms with Gasteiger partial charge in [0, 0.05) is 0 Å². The summed E-state index contributed by atoms with van der Waals surface area (Å²) in [6, 6.07) is 31.4. The van der Waals surface area contributed by atoms with Crippen LogP contribution in [0.15, 0.2) is 97.1 Å². The van der Waals surface area contributed by atoms with Crippen molar-refractivity contribution in [2.45, 2.75) is 45.3 Å². The van der Waals surface area contributed by atoms with Crippen LogP contribution in [-0.2, 0) is 9.31 Å². The van der Waals surface area contributed by atoms with E-state index in [0.29, 0.717) is 0 Å². The molecule has 0 aromatic heterocycles. The average Bonchev–Trinajstić information content (AvgIpc) is 3.01. The Morgan fingerprint density at radius 1 is 0.688 bits per heavy atom. The maximum Gasteiger partial charge on any atom is 0.495 e. The van der Waals surface area contributed by atoms with Crippen LogP contribution in [0.3, 0.4) is 0 Å². The summed E-state index contributed by atoms with van der Waals surface area (Å²) < 4.78 is 13.1. The third-order valence-corrected chi connectivity index (χ3v) is 6.45. The first-order valence-electron chi connectivity index (χ1n) is 11.3. The zero-order chi connectivity index (χ0) is 22.6. The summed E-state index contributed by atoms with van der Waals surface area (Å²) in [5.41, 5.74) is 4.99. The van der Waals surface area contributed by atoms with Gasteiger partial charge in [-0.1, -0.05) is 103 Å². The quantitative estimate of drug-likeness (QED) is 0.306. The number of benzene rings is 3. The third-order valence-electron chi connectivity index (χ3n) is 6.45. The predicted octanol–water partition coefficient (Wildman–Crippen LogP) is 7.33. The smallest absolute Gasteiger partial charge is 0.399 e. The van der Waals surface area contributed by atoms with E-state index >= 15 is 0 Å². The first-order chi connectivity index (χ1) is 15.4. The Kier molecular flexibility index (Phi) is 6.50. The molecule has 0 bridgehead atoms. The van der Waals surface area contributed by atoms with Crippen molar-refractivity contribution in [3.63, 3.8) is 0 Å². The number of allylic oxidation sites excluding steroid dienone is 2. The second kappa shape index (κ2) is 9.32. The van der Waals surface area contributed by atoms with Gasteiger partial charge in [0.05, 0.1) is 11.2 Å². The van der Waals surface area contributed by atoms with Gasteiger partial charge in [-0.2, -0.15) is 0 Å². The molecule has 0 atom stereocenters. The van der Waals surface area contributed by atoms with E-state index in [1.807, 2.05) is 12.1 Å². The lowest BCUT2D eigenvalue weighted by Crippen LogP contribution is -2.41. The van der Waals surface area contributed by atoms with Crippen molar-refractivity contribution >= 4 is 24.2 Å². The first kappa shape index (κ1) is 22.3. The highest BCUT2D eigenvalue weighted by Gasteiger charge is 2.53. The van der Waals surface area contributed by atoms with Gasteiger partial charge in [0.1, 0.15) is 0 Å². The highest BCUT2D eigenvalue weighted by molar-refractivity contribution is 6.71. The van der Waals surface area contributed by atoms with Gasteiger partial charge in [-0.3, -0.25) is 0 Å². The fourth-order valence-electron chi connectivity index (χ4n) is 3.93. The molecule has 2 nitrogen and oxygen atoms in total. The highest BCUT2D eigenvalue weighted by Crippen LogP contribution is 2.43. The summed E-state index contributed by atoms with van der Waals surface area (Å²) in [7, 11) is -0.442. The maximum atomic E-state index is 6.54. The third kappa shape index (κ3) is 4.80. The first-order valence-corrected chi connectivity index (χ1v) is 11.3. The SMILES string of the molecule is CC1(C)OB(/C(=C(\C/C=C/c2ccccc2)c2ccccc2)c2ccccc2)OC1(C)C. The molecule has 3 aromatic rings. The summed E-state index contributed by atoms with van der Waals surface area (Å²) >= 11 is 0. The maximum absolute atomic E-state index is 6.54. The van der Waals surface area contributed by atoms with E-state index in [-0.39, 0.29) is 0 Å². The molecule has 0 unspecified atom stereocenters. The second-order valence-corrected chi connectivity index (χ2v) is 9.23. The van der Waals surface area contributed by atoms with Crippen molar-refractivity contribution in [1.29, 1.82) is 0 Å². The Morgan fingerprint density at radius 2 is 1.16 bits per heavy atom. The van der Waals surface area contributed by atoms with E-state index in [9.17, 15) is 0 Å². The second-order valence-electron chi connectivity index (χ2n) is 9.23. The zero-order valence-corrected chi connectivity index (χ0v) is 19.4. The molecule has 0 spiro atoms. The molecule has 4 rings (SSSR count). The topological polar surface area (TPSA) is 18.5 Å². The standard InChI is InChI=1S/C29H31BO2/c1-28(2)29(3,4)32-30(31-28)27(25-20-12-7-13-21-25)26(24-18-10-6-11-19-24)22-14-17-23-15-8-5-9-16-23/h5-21H,22H2,1-4H3/b17-14+,27-26+. The van der Waals surface area contributed by atoms with Gasteiger partial charge in [-0.15, -0.1) is 0 Å². The van der Waals surface area contributed by atoms with Crippen LogP contribution in [0.1, 0.15) is 50.8 Å². The van der Waals surface area contributed by atoms with Crippen LogP contribution < -0.4 is 0 Å². The van der Waals surface area contributed by atoms with Gasteiger partial charge >= 0.3 is 7.12 Å². The number of rotatable bonds is 6. The van der Waals surface area contributed by atoms with E-state index in [4.69, 9.17) is 9.31 Å². The number of hydrogen-bond acceptors (Lipinski definition) is 2. The molecule has 32 heavy (non-hydrogen) atoms. The largest absolute Gasteiger partial charge is 0.495 e.